The second-order valence-electron chi connectivity index (χ2n) is 6.37. The number of aromatic carboxylic acids is 1. The van der Waals surface area contributed by atoms with Crippen molar-refractivity contribution in [3.05, 3.63) is 77.2 Å². The van der Waals surface area contributed by atoms with E-state index in [4.69, 9.17) is 9.63 Å². The summed E-state index contributed by atoms with van der Waals surface area (Å²) in [7, 11) is 1.96. The van der Waals surface area contributed by atoms with Crippen LogP contribution in [-0.4, -0.2) is 28.3 Å². The maximum atomic E-state index is 11.0. The molecule has 0 saturated carbocycles. The van der Waals surface area contributed by atoms with Crippen LogP contribution in [0.4, 0.5) is 11.4 Å². The van der Waals surface area contributed by atoms with E-state index in [-0.39, 0.29) is 5.69 Å². The zero-order valence-corrected chi connectivity index (χ0v) is 14.4. The van der Waals surface area contributed by atoms with E-state index in [2.05, 4.69) is 46.6 Å². The molecule has 2 heterocycles. The molecular formula is C20H19N3O3. The number of carboxylic acids is 1. The third-order valence-corrected chi connectivity index (χ3v) is 4.61. The highest BCUT2D eigenvalue weighted by Crippen LogP contribution is 2.37. The van der Waals surface area contributed by atoms with E-state index in [1.165, 1.54) is 17.2 Å². The Morgan fingerprint density at radius 1 is 1.12 bits per heavy atom. The molecule has 1 N–H and O–H groups in total. The van der Waals surface area contributed by atoms with Crippen LogP contribution in [0.5, 0.6) is 0 Å². The zero-order valence-electron chi connectivity index (χ0n) is 14.4. The van der Waals surface area contributed by atoms with Crippen molar-refractivity contribution < 1.29 is 14.4 Å². The van der Waals surface area contributed by atoms with Crippen molar-refractivity contribution in [2.24, 2.45) is 0 Å². The molecule has 132 valence electrons. The number of anilines is 2. The van der Waals surface area contributed by atoms with E-state index in [1.54, 1.807) is 0 Å². The van der Waals surface area contributed by atoms with Gasteiger partial charge in [0.2, 0.25) is 0 Å². The number of carboxylic acid groups (broad SMARTS) is 1. The maximum Gasteiger partial charge on any atom is 0.358 e. The van der Waals surface area contributed by atoms with Gasteiger partial charge in [-0.15, -0.1) is 0 Å². The fraction of sp³-hybridized carbons (Fsp3) is 0.200. The molecule has 0 atom stereocenters. The number of hydrogen-bond donors (Lipinski definition) is 1. The Balaban J connectivity index is 1.72. The van der Waals surface area contributed by atoms with Gasteiger partial charge in [0.25, 0.3) is 0 Å². The number of aryl methyl sites for hydroxylation is 2. The second-order valence-corrected chi connectivity index (χ2v) is 6.37. The second kappa shape index (κ2) is 6.65. The van der Waals surface area contributed by atoms with Crippen LogP contribution < -0.4 is 5.01 Å². The summed E-state index contributed by atoms with van der Waals surface area (Å²) >= 11 is 0. The topological polar surface area (TPSA) is 69.8 Å². The van der Waals surface area contributed by atoms with Crippen molar-refractivity contribution in [1.29, 1.82) is 0 Å². The van der Waals surface area contributed by atoms with Gasteiger partial charge >= 0.3 is 5.97 Å². The Bertz CT molecular complexity index is 903. The first kappa shape index (κ1) is 16.4. The summed E-state index contributed by atoms with van der Waals surface area (Å²) in [6, 6.07) is 18.2. The van der Waals surface area contributed by atoms with Crippen LogP contribution >= 0.6 is 0 Å². The van der Waals surface area contributed by atoms with Crippen LogP contribution in [0, 0.1) is 0 Å². The molecule has 3 aromatic rings. The minimum atomic E-state index is -1.09. The summed E-state index contributed by atoms with van der Waals surface area (Å²) in [6.45, 7) is 0.406. The average Bonchev–Trinajstić information content (AvgIpc) is 3.04. The number of carbonyl (C=O) groups is 1. The van der Waals surface area contributed by atoms with Crippen LogP contribution in [0.1, 0.15) is 27.4 Å². The van der Waals surface area contributed by atoms with Gasteiger partial charge in [0.15, 0.2) is 11.5 Å². The number of para-hydroxylation sites is 2. The fourth-order valence-electron chi connectivity index (χ4n) is 3.41. The van der Waals surface area contributed by atoms with Crippen LogP contribution in [0.25, 0.3) is 0 Å². The number of aromatic nitrogens is 1. The van der Waals surface area contributed by atoms with Crippen molar-refractivity contribution in [2.45, 2.75) is 19.4 Å². The first-order valence-corrected chi connectivity index (χ1v) is 8.49. The molecule has 0 unspecified atom stereocenters. The molecular weight excluding hydrogens is 330 g/mol. The van der Waals surface area contributed by atoms with Gasteiger partial charge in [-0.3, -0.25) is 5.01 Å². The molecule has 4 rings (SSSR count). The van der Waals surface area contributed by atoms with Crippen LogP contribution in [0.3, 0.4) is 0 Å². The van der Waals surface area contributed by atoms with E-state index < -0.39 is 5.97 Å². The maximum absolute atomic E-state index is 11.0. The Morgan fingerprint density at radius 2 is 1.69 bits per heavy atom. The highest BCUT2D eigenvalue weighted by Gasteiger charge is 2.24. The van der Waals surface area contributed by atoms with Crippen molar-refractivity contribution in [2.75, 3.05) is 12.1 Å². The van der Waals surface area contributed by atoms with E-state index in [1.807, 2.05) is 24.2 Å². The third kappa shape index (κ3) is 2.95. The Labute approximate surface area is 151 Å². The molecule has 0 aliphatic carbocycles. The zero-order chi connectivity index (χ0) is 18.1. The number of hydrazine groups is 1. The molecule has 26 heavy (non-hydrogen) atoms. The normalized spacial score (nSPS) is 13.2. The van der Waals surface area contributed by atoms with Crippen molar-refractivity contribution in [1.82, 2.24) is 10.2 Å². The lowest BCUT2D eigenvalue weighted by atomic mass is 10.0. The average molecular weight is 349 g/mol. The molecule has 1 aliphatic rings. The Kier molecular flexibility index (Phi) is 4.18. The van der Waals surface area contributed by atoms with Gasteiger partial charge in [0.1, 0.15) is 0 Å². The number of fused-ring (bicyclic) bond motifs is 2. The van der Waals surface area contributed by atoms with Gasteiger partial charge in [0, 0.05) is 13.1 Å². The molecule has 0 fully saturated rings. The first-order valence-electron chi connectivity index (χ1n) is 8.49. The summed E-state index contributed by atoms with van der Waals surface area (Å²) in [4.78, 5) is 11.0. The van der Waals surface area contributed by atoms with E-state index in [9.17, 15) is 4.79 Å². The first-order chi connectivity index (χ1) is 12.6. The summed E-state index contributed by atoms with van der Waals surface area (Å²) in [5.74, 6) is -0.586. The molecule has 6 nitrogen and oxygen atoms in total. The van der Waals surface area contributed by atoms with Crippen molar-refractivity contribution in [3.8, 4) is 0 Å². The minimum Gasteiger partial charge on any atom is -0.476 e. The predicted molar refractivity (Wildman–Crippen MR) is 97.4 cm³/mol. The van der Waals surface area contributed by atoms with Gasteiger partial charge in [-0.25, -0.2) is 9.80 Å². The van der Waals surface area contributed by atoms with Gasteiger partial charge in [0.05, 0.1) is 17.9 Å². The van der Waals surface area contributed by atoms with E-state index >= 15 is 0 Å². The standard InChI is InChI=1S/C20H19N3O3/c1-22(13-16-12-17(20(24)25)21-26-16)23-18-8-4-2-6-14(18)10-11-15-7-3-5-9-19(15)23/h2-9,12H,10-11,13H2,1H3,(H,24,25). The Hall–Kier alpha value is -3.12. The van der Waals surface area contributed by atoms with Crippen molar-refractivity contribution in [3.63, 3.8) is 0 Å². The highest BCUT2D eigenvalue weighted by molar-refractivity contribution is 5.85. The van der Waals surface area contributed by atoms with Crippen molar-refractivity contribution >= 4 is 17.3 Å². The third-order valence-electron chi connectivity index (χ3n) is 4.61. The van der Waals surface area contributed by atoms with Crippen LogP contribution in [0.15, 0.2) is 59.1 Å². The van der Waals surface area contributed by atoms with Crippen LogP contribution in [0.2, 0.25) is 0 Å². The number of rotatable bonds is 4. The summed E-state index contributed by atoms with van der Waals surface area (Å²) < 4.78 is 5.20. The Morgan fingerprint density at radius 3 is 2.23 bits per heavy atom. The molecule has 0 spiro atoms. The lowest BCUT2D eigenvalue weighted by Crippen LogP contribution is -2.36. The molecule has 0 saturated heterocycles. The largest absolute Gasteiger partial charge is 0.476 e. The van der Waals surface area contributed by atoms with Gasteiger partial charge in [-0.1, -0.05) is 41.6 Å². The number of benzene rings is 2. The van der Waals surface area contributed by atoms with E-state index in [0.29, 0.717) is 12.3 Å². The summed E-state index contributed by atoms with van der Waals surface area (Å²) in [6.07, 6.45) is 1.95. The number of hydrogen-bond acceptors (Lipinski definition) is 5. The minimum absolute atomic E-state index is 0.0786. The lowest BCUT2D eigenvalue weighted by molar-refractivity contribution is 0.0685. The smallest absolute Gasteiger partial charge is 0.358 e. The van der Waals surface area contributed by atoms with E-state index in [0.717, 1.165) is 24.2 Å². The predicted octanol–water partition coefficient (Wildman–Crippen LogP) is 3.66. The molecule has 2 aromatic carbocycles. The van der Waals surface area contributed by atoms with Gasteiger partial charge < -0.3 is 9.63 Å². The SMILES string of the molecule is CN(Cc1cc(C(=O)O)no1)N1c2ccccc2CCc2ccccc21. The highest BCUT2D eigenvalue weighted by atomic mass is 16.5. The molecule has 0 amide bonds. The molecule has 1 aromatic heterocycles. The molecule has 0 radical (unpaired) electrons. The molecule has 6 heteroatoms. The monoisotopic (exact) mass is 349 g/mol. The van der Waals surface area contributed by atoms with Crippen LogP contribution in [-0.2, 0) is 19.4 Å². The fourth-order valence-corrected chi connectivity index (χ4v) is 3.41. The quantitative estimate of drug-likeness (QED) is 0.775. The summed E-state index contributed by atoms with van der Waals surface area (Å²) in [5, 5.41) is 16.8. The van der Waals surface area contributed by atoms with Gasteiger partial charge in [-0.05, 0) is 36.1 Å². The lowest BCUT2D eigenvalue weighted by Gasteiger charge is -2.34. The summed E-state index contributed by atoms with van der Waals surface area (Å²) in [5.41, 5.74) is 4.72. The molecule has 1 aliphatic heterocycles. The van der Waals surface area contributed by atoms with Gasteiger partial charge in [-0.2, -0.15) is 0 Å². The molecule has 0 bridgehead atoms. The number of nitrogens with zero attached hydrogens (tertiary/aromatic N) is 3.